The van der Waals surface area contributed by atoms with Crippen molar-refractivity contribution in [2.24, 2.45) is 5.92 Å². The van der Waals surface area contributed by atoms with E-state index >= 15 is 0 Å². The molecule has 0 spiro atoms. The first-order chi connectivity index (χ1) is 14.9. The molecule has 1 heterocycles. The molecule has 0 bridgehead atoms. The number of nitrogens with zero attached hydrogens (tertiary/aromatic N) is 1. The lowest BCUT2D eigenvalue weighted by Gasteiger charge is -2.14. The number of halogens is 1. The number of pyridine rings is 1. The summed E-state index contributed by atoms with van der Waals surface area (Å²) in [5.74, 6) is 0.108. The summed E-state index contributed by atoms with van der Waals surface area (Å²) >= 11 is 5.81. The molecule has 0 saturated carbocycles. The number of hydrogen-bond acceptors (Lipinski definition) is 5. The predicted octanol–water partition coefficient (Wildman–Crippen LogP) is 4.86. The van der Waals surface area contributed by atoms with Crippen LogP contribution in [-0.4, -0.2) is 33.0 Å². The van der Waals surface area contributed by atoms with Crippen molar-refractivity contribution in [2.45, 2.75) is 43.4 Å². The SMILES string of the molecule is COC(=O)CCC(C/C=C/c1cccnc1)CCCCNS(=O)(=O)c1ccc(Cl)cc1. The highest BCUT2D eigenvalue weighted by atomic mass is 35.5. The van der Waals surface area contributed by atoms with Crippen molar-refractivity contribution in [3.63, 3.8) is 0 Å². The summed E-state index contributed by atoms with van der Waals surface area (Å²) < 4.78 is 32.0. The topological polar surface area (TPSA) is 85.4 Å². The molecule has 0 saturated heterocycles. The van der Waals surface area contributed by atoms with E-state index in [-0.39, 0.29) is 10.9 Å². The third-order valence-corrected chi connectivity index (χ3v) is 6.63. The predicted molar refractivity (Wildman–Crippen MR) is 123 cm³/mol. The van der Waals surface area contributed by atoms with Gasteiger partial charge in [0.05, 0.1) is 12.0 Å². The Hall–Kier alpha value is -2.22. The number of benzene rings is 1. The number of carbonyl (C=O) groups excluding carboxylic acids is 1. The number of carbonyl (C=O) groups is 1. The van der Waals surface area contributed by atoms with Gasteiger partial charge in [0.1, 0.15) is 0 Å². The lowest BCUT2D eigenvalue weighted by atomic mass is 9.93. The van der Waals surface area contributed by atoms with Gasteiger partial charge in [-0.3, -0.25) is 9.78 Å². The molecule has 1 atom stereocenters. The summed E-state index contributed by atoms with van der Waals surface area (Å²) in [4.78, 5) is 15.8. The number of rotatable bonds is 13. The van der Waals surface area contributed by atoms with Crippen molar-refractivity contribution in [1.29, 1.82) is 0 Å². The molecule has 8 heteroatoms. The third-order valence-electron chi connectivity index (χ3n) is 4.90. The van der Waals surface area contributed by atoms with Crippen LogP contribution in [0.25, 0.3) is 6.08 Å². The number of hydrogen-bond donors (Lipinski definition) is 1. The summed E-state index contributed by atoms with van der Waals surface area (Å²) in [5.41, 5.74) is 1.03. The van der Waals surface area contributed by atoms with Crippen LogP contribution < -0.4 is 4.72 Å². The highest BCUT2D eigenvalue weighted by Gasteiger charge is 2.14. The van der Waals surface area contributed by atoms with Crippen LogP contribution in [0.5, 0.6) is 0 Å². The molecule has 0 radical (unpaired) electrons. The molecule has 0 fully saturated rings. The van der Waals surface area contributed by atoms with Crippen LogP contribution >= 0.6 is 11.6 Å². The van der Waals surface area contributed by atoms with Gasteiger partial charge in [0.25, 0.3) is 0 Å². The normalized spacial score (nSPS) is 12.7. The zero-order valence-electron chi connectivity index (χ0n) is 17.7. The van der Waals surface area contributed by atoms with Gasteiger partial charge in [-0.15, -0.1) is 0 Å². The van der Waals surface area contributed by atoms with Gasteiger partial charge in [-0.2, -0.15) is 0 Å². The molecule has 1 unspecified atom stereocenters. The van der Waals surface area contributed by atoms with E-state index in [1.807, 2.05) is 18.2 Å². The molecule has 6 nitrogen and oxygen atoms in total. The standard InChI is InChI=1S/C23H29ClN2O4S/c1-30-23(27)15-10-19(7-4-8-20-9-5-16-25-18-20)6-2-3-17-26-31(28,29)22-13-11-21(24)12-14-22/h4-5,8-9,11-14,16,18-19,26H,2-3,6-7,10,15,17H2,1H3/b8-4+. The van der Waals surface area contributed by atoms with E-state index in [9.17, 15) is 13.2 Å². The lowest BCUT2D eigenvalue weighted by Crippen LogP contribution is -2.24. The molecule has 1 aromatic carbocycles. The van der Waals surface area contributed by atoms with Gasteiger partial charge in [0.15, 0.2) is 0 Å². The van der Waals surface area contributed by atoms with Gasteiger partial charge >= 0.3 is 5.97 Å². The van der Waals surface area contributed by atoms with E-state index in [0.29, 0.717) is 30.3 Å². The fourth-order valence-corrected chi connectivity index (χ4v) is 4.34. The Kier molecular flexibility index (Phi) is 10.7. The molecule has 0 aliphatic carbocycles. The minimum Gasteiger partial charge on any atom is -0.469 e. The number of aromatic nitrogens is 1. The number of sulfonamides is 1. The summed E-state index contributed by atoms with van der Waals surface area (Å²) in [6, 6.07) is 9.96. The molecule has 2 rings (SSSR count). The van der Waals surface area contributed by atoms with Crippen molar-refractivity contribution in [2.75, 3.05) is 13.7 Å². The Morgan fingerprint density at radius 2 is 1.97 bits per heavy atom. The molecule has 0 amide bonds. The first kappa shape index (κ1) is 25.0. The zero-order valence-corrected chi connectivity index (χ0v) is 19.2. The molecule has 0 aliphatic rings. The van der Waals surface area contributed by atoms with E-state index in [4.69, 9.17) is 16.3 Å². The summed E-state index contributed by atoms with van der Waals surface area (Å²) in [5, 5.41) is 0.495. The van der Waals surface area contributed by atoms with Crippen LogP contribution in [0.2, 0.25) is 5.02 Å². The number of esters is 1. The van der Waals surface area contributed by atoms with Crippen LogP contribution in [0.15, 0.2) is 59.8 Å². The summed E-state index contributed by atoms with van der Waals surface area (Å²) in [7, 11) is -2.14. The highest BCUT2D eigenvalue weighted by Crippen LogP contribution is 2.21. The van der Waals surface area contributed by atoms with Crippen LogP contribution in [0, 0.1) is 5.92 Å². The fourth-order valence-electron chi connectivity index (χ4n) is 3.14. The molecule has 168 valence electrons. The minimum absolute atomic E-state index is 0.202. The molecular formula is C23H29ClN2O4S. The maximum atomic E-state index is 12.3. The Labute approximate surface area is 189 Å². The van der Waals surface area contributed by atoms with Crippen LogP contribution in [-0.2, 0) is 19.6 Å². The Morgan fingerprint density at radius 1 is 1.19 bits per heavy atom. The van der Waals surface area contributed by atoms with Gasteiger partial charge < -0.3 is 4.74 Å². The maximum absolute atomic E-state index is 12.3. The molecule has 0 aliphatic heterocycles. The summed E-state index contributed by atoms with van der Waals surface area (Å²) in [6.07, 6.45) is 12.1. The van der Waals surface area contributed by atoms with E-state index in [2.05, 4.69) is 15.8 Å². The molecule has 1 aromatic heterocycles. The lowest BCUT2D eigenvalue weighted by molar-refractivity contribution is -0.140. The Bertz CT molecular complexity index is 932. The van der Waals surface area contributed by atoms with Crippen LogP contribution in [0.1, 0.15) is 44.1 Å². The average molecular weight is 465 g/mol. The third kappa shape index (κ3) is 9.63. The second-order valence-electron chi connectivity index (χ2n) is 7.25. The van der Waals surface area contributed by atoms with Crippen molar-refractivity contribution < 1.29 is 17.9 Å². The van der Waals surface area contributed by atoms with Gasteiger partial charge in [-0.1, -0.05) is 42.7 Å². The molecule has 31 heavy (non-hydrogen) atoms. The Morgan fingerprint density at radius 3 is 2.65 bits per heavy atom. The van der Waals surface area contributed by atoms with E-state index in [1.165, 1.54) is 19.2 Å². The highest BCUT2D eigenvalue weighted by molar-refractivity contribution is 7.89. The minimum atomic E-state index is -3.53. The average Bonchev–Trinajstić information content (AvgIpc) is 2.77. The van der Waals surface area contributed by atoms with Gasteiger partial charge in [-0.05, 0) is 61.1 Å². The smallest absolute Gasteiger partial charge is 0.305 e. The number of ether oxygens (including phenoxy) is 1. The van der Waals surface area contributed by atoms with Crippen LogP contribution in [0.4, 0.5) is 0 Å². The zero-order chi connectivity index (χ0) is 22.5. The Balaban J connectivity index is 1.79. The molecule has 1 N–H and O–H groups in total. The second-order valence-corrected chi connectivity index (χ2v) is 9.46. The van der Waals surface area contributed by atoms with Gasteiger partial charge in [0.2, 0.25) is 10.0 Å². The van der Waals surface area contributed by atoms with E-state index in [1.54, 1.807) is 24.5 Å². The number of methoxy groups -OCH3 is 1. The van der Waals surface area contributed by atoms with Gasteiger partial charge in [-0.25, -0.2) is 13.1 Å². The number of unbranched alkanes of at least 4 members (excludes halogenated alkanes) is 1. The number of nitrogens with one attached hydrogen (secondary N) is 1. The van der Waals surface area contributed by atoms with E-state index < -0.39 is 10.0 Å². The maximum Gasteiger partial charge on any atom is 0.305 e. The largest absolute Gasteiger partial charge is 0.469 e. The second kappa shape index (κ2) is 13.2. The summed E-state index contributed by atoms with van der Waals surface area (Å²) in [6.45, 7) is 0.361. The quantitative estimate of drug-likeness (QED) is 0.338. The van der Waals surface area contributed by atoms with Gasteiger partial charge in [0, 0.05) is 30.4 Å². The van der Waals surface area contributed by atoms with E-state index in [0.717, 1.165) is 31.2 Å². The fraction of sp³-hybridized carbons (Fsp3) is 0.391. The molecular weight excluding hydrogens is 436 g/mol. The van der Waals surface area contributed by atoms with Crippen LogP contribution in [0.3, 0.4) is 0 Å². The molecule has 2 aromatic rings. The van der Waals surface area contributed by atoms with Crippen molar-refractivity contribution in [3.8, 4) is 0 Å². The first-order valence-corrected chi connectivity index (χ1v) is 12.2. The number of allylic oxidation sites excluding steroid dienone is 1. The van der Waals surface area contributed by atoms with Crippen molar-refractivity contribution in [3.05, 3.63) is 65.5 Å². The van der Waals surface area contributed by atoms with Crippen molar-refractivity contribution >= 4 is 33.7 Å². The van der Waals surface area contributed by atoms with Crippen molar-refractivity contribution in [1.82, 2.24) is 9.71 Å². The first-order valence-electron chi connectivity index (χ1n) is 10.3. The monoisotopic (exact) mass is 464 g/mol.